The summed E-state index contributed by atoms with van der Waals surface area (Å²) in [7, 11) is 0. The Balaban J connectivity index is 2.17. The van der Waals surface area contributed by atoms with Crippen LogP contribution in [0.3, 0.4) is 0 Å². The molecule has 1 rings (SSSR count). The van der Waals surface area contributed by atoms with Crippen molar-refractivity contribution in [2.75, 3.05) is 0 Å². The summed E-state index contributed by atoms with van der Waals surface area (Å²) >= 11 is 0. The van der Waals surface area contributed by atoms with Crippen molar-refractivity contribution in [3.63, 3.8) is 0 Å². The molecule has 1 atom stereocenters. The molecule has 1 heterocycles. The van der Waals surface area contributed by atoms with Crippen LogP contribution >= 0.6 is 0 Å². The molecule has 0 aliphatic heterocycles. The van der Waals surface area contributed by atoms with Crippen LogP contribution < -0.4 is 5.73 Å². The van der Waals surface area contributed by atoms with Crippen molar-refractivity contribution < 1.29 is 0 Å². The monoisotopic (exact) mass is 167 g/mol. The number of hydrogen-bond acceptors (Lipinski definition) is 2. The Labute approximate surface area is 73.4 Å². The van der Waals surface area contributed by atoms with Crippen LogP contribution in [0.5, 0.6) is 0 Å². The summed E-state index contributed by atoms with van der Waals surface area (Å²) < 4.78 is 0. The second-order valence-corrected chi connectivity index (χ2v) is 3.12. The maximum absolute atomic E-state index is 5.86. The number of nitrogens with zero attached hydrogens (tertiary/aromatic N) is 1. The molecule has 1 unspecified atom stereocenters. The van der Waals surface area contributed by atoms with Crippen LogP contribution in [0.25, 0.3) is 0 Å². The Morgan fingerprint density at radius 2 is 2.42 bits per heavy atom. The third kappa shape index (κ3) is 3.05. The zero-order valence-electron chi connectivity index (χ0n) is 7.59. The fourth-order valence-electron chi connectivity index (χ4n) is 1.27. The van der Waals surface area contributed by atoms with E-state index < -0.39 is 0 Å². The van der Waals surface area contributed by atoms with Gasteiger partial charge in [0.2, 0.25) is 0 Å². The first-order valence-electron chi connectivity index (χ1n) is 4.56. The minimum atomic E-state index is 0.333. The van der Waals surface area contributed by atoms with Gasteiger partial charge in [-0.1, -0.05) is 13.3 Å². The maximum atomic E-state index is 5.86. The molecule has 0 aliphatic rings. The van der Waals surface area contributed by atoms with Crippen molar-refractivity contribution in [2.24, 2.45) is 5.73 Å². The first-order valence-corrected chi connectivity index (χ1v) is 4.56. The molecular formula is C9H17N3. The summed E-state index contributed by atoms with van der Waals surface area (Å²) in [5, 5.41) is 0. The van der Waals surface area contributed by atoms with Gasteiger partial charge in [0.25, 0.3) is 0 Å². The Morgan fingerprint density at radius 1 is 1.58 bits per heavy atom. The number of nitrogens with one attached hydrogen (secondary N) is 1. The number of imidazole rings is 1. The molecule has 3 N–H and O–H groups in total. The van der Waals surface area contributed by atoms with Gasteiger partial charge in [-0.3, -0.25) is 0 Å². The highest BCUT2D eigenvalue weighted by Crippen LogP contribution is 2.02. The van der Waals surface area contributed by atoms with Gasteiger partial charge in [-0.05, 0) is 12.8 Å². The van der Waals surface area contributed by atoms with E-state index in [-0.39, 0.29) is 0 Å². The predicted molar refractivity (Wildman–Crippen MR) is 49.8 cm³/mol. The van der Waals surface area contributed by atoms with Crippen LogP contribution in [0, 0.1) is 0 Å². The molecule has 0 aromatic carbocycles. The van der Waals surface area contributed by atoms with E-state index in [0.717, 1.165) is 25.1 Å². The number of aromatic nitrogens is 2. The minimum absolute atomic E-state index is 0.333. The lowest BCUT2D eigenvalue weighted by Crippen LogP contribution is -2.20. The number of aromatic amines is 1. The van der Waals surface area contributed by atoms with Gasteiger partial charge < -0.3 is 10.7 Å². The Kier molecular flexibility index (Phi) is 3.80. The summed E-state index contributed by atoms with van der Waals surface area (Å²) in [6, 6.07) is 0.333. The molecule has 0 amide bonds. The quantitative estimate of drug-likeness (QED) is 0.697. The van der Waals surface area contributed by atoms with Gasteiger partial charge in [-0.2, -0.15) is 0 Å². The standard InChI is InChI=1S/C9H17N3/c1-2-3-8(10)4-5-9-11-6-7-12-9/h6-8H,2-5,10H2,1H3,(H,11,12). The lowest BCUT2D eigenvalue weighted by Gasteiger charge is -2.07. The summed E-state index contributed by atoms with van der Waals surface area (Å²) in [6.45, 7) is 2.16. The van der Waals surface area contributed by atoms with Crippen LogP contribution in [0.4, 0.5) is 0 Å². The third-order valence-electron chi connectivity index (χ3n) is 1.97. The highest BCUT2D eigenvalue weighted by atomic mass is 14.9. The lowest BCUT2D eigenvalue weighted by atomic mass is 10.1. The minimum Gasteiger partial charge on any atom is -0.349 e. The van der Waals surface area contributed by atoms with E-state index in [0.29, 0.717) is 6.04 Å². The van der Waals surface area contributed by atoms with Crippen molar-refractivity contribution in [1.29, 1.82) is 0 Å². The molecule has 0 radical (unpaired) electrons. The van der Waals surface area contributed by atoms with Gasteiger partial charge in [0.1, 0.15) is 5.82 Å². The molecule has 1 aromatic rings. The van der Waals surface area contributed by atoms with E-state index in [2.05, 4.69) is 16.9 Å². The number of nitrogens with two attached hydrogens (primary N) is 1. The molecule has 0 fully saturated rings. The Bertz CT molecular complexity index is 194. The summed E-state index contributed by atoms with van der Waals surface area (Å²) in [5.74, 6) is 1.04. The van der Waals surface area contributed by atoms with E-state index in [1.165, 1.54) is 6.42 Å². The summed E-state index contributed by atoms with van der Waals surface area (Å²) in [4.78, 5) is 7.21. The van der Waals surface area contributed by atoms with Gasteiger partial charge in [0.05, 0.1) is 0 Å². The van der Waals surface area contributed by atoms with Crippen molar-refractivity contribution in [3.05, 3.63) is 18.2 Å². The van der Waals surface area contributed by atoms with Gasteiger partial charge in [0, 0.05) is 24.9 Å². The Hall–Kier alpha value is -0.830. The van der Waals surface area contributed by atoms with Crippen molar-refractivity contribution in [2.45, 2.75) is 38.6 Å². The van der Waals surface area contributed by atoms with Crippen molar-refractivity contribution in [1.82, 2.24) is 9.97 Å². The fourth-order valence-corrected chi connectivity index (χ4v) is 1.27. The number of rotatable bonds is 5. The largest absolute Gasteiger partial charge is 0.349 e. The molecular weight excluding hydrogens is 150 g/mol. The zero-order chi connectivity index (χ0) is 8.81. The van der Waals surface area contributed by atoms with Crippen LogP contribution in [0.2, 0.25) is 0 Å². The van der Waals surface area contributed by atoms with Gasteiger partial charge in [0.15, 0.2) is 0 Å². The van der Waals surface area contributed by atoms with E-state index in [9.17, 15) is 0 Å². The first-order chi connectivity index (χ1) is 5.83. The lowest BCUT2D eigenvalue weighted by molar-refractivity contribution is 0.554. The van der Waals surface area contributed by atoms with E-state index in [1.807, 2.05) is 6.20 Å². The molecule has 0 saturated carbocycles. The number of aryl methyl sites for hydroxylation is 1. The van der Waals surface area contributed by atoms with Crippen LogP contribution in [0.15, 0.2) is 12.4 Å². The summed E-state index contributed by atoms with van der Waals surface area (Å²) in [6.07, 6.45) is 7.90. The van der Waals surface area contributed by atoms with Crippen LogP contribution in [0.1, 0.15) is 32.0 Å². The average molecular weight is 167 g/mol. The van der Waals surface area contributed by atoms with Gasteiger partial charge in [-0.25, -0.2) is 4.98 Å². The molecule has 68 valence electrons. The topological polar surface area (TPSA) is 54.7 Å². The molecule has 0 aliphatic carbocycles. The average Bonchev–Trinajstić information content (AvgIpc) is 2.53. The van der Waals surface area contributed by atoms with E-state index in [1.54, 1.807) is 6.20 Å². The second-order valence-electron chi connectivity index (χ2n) is 3.12. The fraction of sp³-hybridized carbons (Fsp3) is 0.667. The van der Waals surface area contributed by atoms with E-state index >= 15 is 0 Å². The normalized spacial score (nSPS) is 13.2. The zero-order valence-corrected chi connectivity index (χ0v) is 7.59. The predicted octanol–water partition coefficient (Wildman–Crippen LogP) is 1.47. The number of H-pyrrole nitrogens is 1. The molecule has 0 bridgehead atoms. The Morgan fingerprint density at radius 3 is 3.00 bits per heavy atom. The molecule has 12 heavy (non-hydrogen) atoms. The van der Waals surface area contributed by atoms with Crippen molar-refractivity contribution >= 4 is 0 Å². The molecule has 3 nitrogen and oxygen atoms in total. The van der Waals surface area contributed by atoms with Crippen LogP contribution in [-0.4, -0.2) is 16.0 Å². The smallest absolute Gasteiger partial charge is 0.106 e. The maximum Gasteiger partial charge on any atom is 0.106 e. The molecule has 0 saturated heterocycles. The van der Waals surface area contributed by atoms with E-state index in [4.69, 9.17) is 5.73 Å². The first kappa shape index (κ1) is 9.26. The highest BCUT2D eigenvalue weighted by Gasteiger charge is 2.02. The van der Waals surface area contributed by atoms with Crippen LogP contribution in [-0.2, 0) is 6.42 Å². The van der Waals surface area contributed by atoms with Crippen molar-refractivity contribution in [3.8, 4) is 0 Å². The van der Waals surface area contributed by atoms with Gasteiger partial charge in [-0.15, -0.1) is 0 Å². The third-order valence-corrected chi connectivity index (χ3v) is 1.97. The molecule has 1 aromatic heterocycles. The highest BCUT2D eigenvalue weighted by molar-refractivity contribution is 4.87. The van der Waals surface area contributed by atoms with Gasteiger partial charge >= 0.3 is 0 Å². The molecule has 0 spiro atoms. The molecule has 3 heteroatoms. The summed E-state index contributed by atoms with van der Waals surface area (Å²) in [5.41, 5.74) is 5.86. The number of hydrogen-bond donors (Lipinski definition) is 2. The second kappa shape index (κ2) is 4.93. The SMILES string of the molecule is CCCC(N)CCc1ncc[nH]1.